The second kappa shape index (κ2) is 8.20. The summed E-state index contributed by atoms with van der Waals surface area (Å²) >= 11 is 5.72. The van der Waals surface area contributed by atoms with Crippen LogP contribution in [0.5, 0.6) is 0 Å². The molecule has 6 heteroatoms. The molecule has 0 atom stereocenters. The second-order valence-electron chi connectivity index (χ2n) is 5.54. The number of aromatic nitrogens is 1. The maximum Gasteiger partial charge on any atom is 0.315 e. The van der Waals surface area contributed by atoms with Crippen LogP contribution in [-0.4, -0.2) is 35.3 Å². The largest absolute Gasteiger partial charge is 0.396 e. The third-order valence-electron chi connectivity index (χ3n) is 3.93. The average Bonchev–Trinajstić information content (AvgIpc) is 2.50. The predicted octanol–water partition coefficient (Wildman–Crippen LogP) is 2.13. The van der Waals surface area contributed by atoms with Gasteiger partial charge in [0.2, 0.25) is 0 Å². The van der Waals surface area contributed by atoms with Gasteiger partial charge in [-0.1, -0.05) is 17.7 Å². The predicted molar refractivity (Wildman–Crippen MR) is 82.3 cm³/mol. The fraction of sp³-hybridized carbons (Fsp3) is 0.600. The minimum Gasteiger partial charge on any atom is -0.396 e. The van der Waals surface area contributed by atoms with Crippen molar-refractivity contribution in [2.75, 3.05) is 13.2 Å². The minimum absolute atomic E-state index is 0.121. The zero-order valence-corrected chi connectivity index (χ0v) is 12.8. The number of carbonyl (C=O) groups is 1. The van der Waals surface area contributed by atoms with Gasteiger partial charge in [0.15, 0.2) is 0 Å². The number of amides is 2. The number of aliphatic hydroxyl groups excluding tert-OH is 1. The van der Waals surface area contributed by atoms with Gasteiger partial charge in [-0.3, -0.25) is 0 Å². The van der Waals surface area contributed by atoms with Crippen LogP contribution in [0.25, 0.3) is 0 Å². The number of rotatable bonds is 5. The number of pyridine rings is 1. The van der Waals surface area contributed by atoms with E-state index in [0.717, 1.165) is 37.7 Å². The van der Waals surface area contributed by atoms with Gasteiger partial charge in [-0.2, -0.15) is 0 Å². The first-order valence-electron chi connectivity index (χ1n) is 7.43. The molecule has 1 saturated carbocycles. The highest BCUT2D eigenvalue weighted by Gasteiger charge is 2.21. The highest BCUT2D eigenvalue weighted by atomic mass is 35.5. The van der Waals surface area contributed by atoms with Crippen LogP contribution < -0.4 is 10.6 Å². The van der Waals surface area contributed by atoms with Gasteiger partial charge >= 0.3 is 6.03 Å². The number of hydrogen-bond acceptors (Lipinski definition) is 3. The number of urea groups is 1. The first-order valence-corrected chi connectivity index (χ1v) is 7.81. The number of carbonyl (C=O) groups excluding carboxylic acids is 1. The van der Waals surface area contributed by atoms with Crippen molar-refractivity contribution in [1.82, 2.24) is 15.6 Å². The molecule has 0 unspecified atom stereocenters. The molecule has 116 valence electrons. The SMILES string of the molecule is O=C(NCCc1ccc(Cl)nc1)NC1CCC(CO)CC1. The molecule has 3 N–H and O–H groups in total. The van der Waals surface area contributed by atoms with E-state index in [1.807, 2.05) is 6.07 Å². The van der Waals surface area contributed by atoms with Crippen molar-refractivity contribution in [3.8, 4) is 0 Å². The Hall–Kier alpha value is -1.33. The molecule has 2 rings (SSSR count). The van der Waals surface area contributed by atoms with E-state index < -0.39 is 0 Å². The van der Waals surface area contributed by atoms with Crippen molar-refractivity contribution in [1.29, 1.82) is 0 Å². The van der Waals surface area contributed by atoms with E-state index in [-0.39, 0.29) is 18.7 Å². The van der Waals surface area contributed by atoms with Crippen LogP contribution in [0.4, 0.5) is 4.79 Å². The molecule has 0 bridgehead atoms. The van der Waals surface area contributed by atoms with Crippen LogP contribution in [0.2, 0.25) is 5.15 Å². The Labute approximate surface area is 130 Å². The highest BCUT2D eigenvalue weighted by molar-refractivity contribution is 6.29. The van der Waals surface area contributed by atoms with Crippen molar-refractivity contribution in [2.45, 2.75) is 38.1 Å². The molecule has 21 heavy (non-hydrogen) atoms. The monoisotopic (exact) mass is 311 g/mol. The normalized spacial score (nSPS) is 21.8. The minimum atomic E-state index is -0.121. The van der Waals surface area contributed by atoms with E-state index in [4.69, 9.17) is 16.7 Å². The van der Waals surface area contributed by atoms with Crippen LogP contribution in [0.15, 0.2) is 18.3 Å². The Kier molecular flexibility index (Phi) is 6.26. The lowest BCUT2D eigenvalue weighted by atomic mass is 9.87. The van der Waals surface area contributed by atoms with Crippen LogP contribution in [0.3, 0.4) is 0 Å². The van der Waals surface area contributed by atoms with Gasteiger partial charge < -0.3 is 15.7 Å². The van der Waals surface area contributed by atoms with Crippen LogP contribution in [0.1, 0.15) is 31.2 Å². The average molecular weight is 312 g/mol. The Morgan fingerprint density at radius 1 is 1.33 bits per heavy atom. The number of nitrogens with zero attached hydrogens (tertiary/aromatic N) is 1. The molecule has 0 aromatic carbocycles. The van der Waals surface area contributed by atoms with E-state index in [2.05, 4.69) is 15.6 Å². The molecule has 1 aromatic heterocycles. The summed E-state index contributed by atoms with van der Waals surface area (Å²) in [6, 6.07) is 3.76. The van der Waals surface area contributed by atoms with Crippen molar-refractivity contribution < 1.29 is 9.90 Å². The van der Waals surface area contributed by atoms with Gasteiger partial charge in [0.05, 0.1) is 0 Å². The number of nitrogens with one attached hydrogen (secondary N) is 2. The molecule has 0 aliphatic heterocycles. The highest BCUT2D eigenvalue weighted by Crippen LogP contribution is 2.23. The number of hydrogen-bond donors (Lipinski definition) is 3. The number of aliphatic hydroxyl groups is 1. The van der Waals surface area contributed by atoms with E-state index in [1.54, 1.807) is 12.3 Å². The van der Waals surface area contributed by atoms with Crippen molar-refractivity contribution in [2.24, 2.45) is 5.92 Å². The summed E-state index contributed by atoms with van der Waals surface area (Å²) in [5.41, 5.74) is 1.04. The molecule has 0 spiro atoms. The van der Waals surface area contributed by atoms with Crippen LogP contribution in [0, 0.1) is 5.92 Å². The lowest BCUT2D eigenvalue weighted by Crippen LogP contribution is -2.44. The summed E-state index contributed by atoms with van der Waals surface area (Å²) < 4.78 is 0. The molecule has 5 nitrogen and oxygen atoms in total. The molecule has 0 radical (unpaired) electrons. The third-order valence-corrected chi connectivity index (χ3v) is 4.15. The van der Waals surface area contributed by atoms with Gasteiger partial charge in [0, 0.05) is 25.4 Å². The van der Waals surface area contributed by atoms with Gasteiger partial charge in [-0.25, -0.2) is 9.78 Å². The fourth-order valence-corrected chi connectivity index (χ4v) is 2.71. The van der Waals surface area contributed by atoms with E-state index in [1.165, 1.54) is 0 Å². The molecule has 1 fully saturated rings. The van der Waals surface area contributed by atoms with Gasteiger partial charge in [0.25, 0.3) is 0 Å². The van der Waals surface area contributed by atoms with Gasteiger partial charge in [0.1, 0.15) is 5.15 Å². The Balaban J connectivity index is 1.62. The molecular formula is C15H22ClN3O2. The summed E-state index contributed by atoms with van der Waals surface area (Å²) in [5, 5.41) is 15.4. The molecule has 1 aromatic rings. The second-order valence-corrected chi connectivity index (χ2v) is 5.93. The molecule has 1 heterocycles. The lowest BCUT2D eigenvalue weighted by molar-refractivity contribution is 0.174. The Morgan fingerprint density at radius 2 is 2.10 bits per heavy atom. The summed E-state index contributed by atoms with van der Waals surface area (Å²) in [6.45, 7) is 0.829. The summed E-state index contributed by atoms with van der Waals surface area (Å²) in [7, 11) is 0. The molecule has 0 saturated heterocycles. The quantitative estimate of drug-likeness (QED) is 0.729. The van der Waals surface area contributed by atoms with Crippen LogP contribution >= 0.6 is 11.6 Å². The van der Waals surface area contributed by atoms with Crippen molar-refractivity contribution >= 4 is 17.6 Å². The Morgan fingerprint density at radius 3 is 2.71 bits per heavy atom. The Bertz CT molecular complexity index is 445. The van der Waals surface area contributed by atoms with Gasteiger partial charge in [-0.05, 0) is 49.7 Å². The summed E-state index contributed by atoms with van der Waals surface area (Å²) in [6.07, 6.45) is 6.31. The van der Waals surface area contributed by atoms with E-state index in [0.29, 0.717) is 17.6 Å². The zero-order chi connectivity index (χ0) is 15.1. The molecule has 1 aliphatic rings. The lowest BCUT2D eigenvalue weighted by Gasteiger charge is -2.27. The standard InChI is InChI=1S/C15H22ClN3O2/c16-14-6-3-11(9-18-14)7-8-17-15(21)19-13-4-1-12(10-20)2-5-13/h3,6,9,12-13,20H,1-2,4-5,7-8,10H2,(H2,17,19,21). The third kappa shape index (κ3) is 5.52. The summed E-state index contributed by atoms with van der Waals surface area (Å²) in [5.74, 6) is 0.406. The van der Waals surface area contributed by atoms with E-state index in [9.17, 15) is 4.79 Å². The molecule has 2 amide bonds. The first kappa shape index (κ1) is 16.0. The smallest absolute Gasteiger partial charge is 0.315 e. The topological polar surface area (TPSA) is 74.2 Å². The van der Waals surface area contributed by atoms with Crippen LogP contribution in [-0.2, 0) is 6.42 Å². The zero-order valence-electron chi connectivity index (χ0n) is 12.0. The molecule has 1 aliphatic carbocycles. The van der Waals surface area contributed by atoms with Gasteiger partial charge in [-0.15, -0.1) is 0 Å². The van der Waals surface area contributed by atoms with Crippen molar-refractivity contribution in [3.63, 3.8) is 0 Å². The van der Waals surface area contributed by atoms with E-state index >= 15 is 0 Å². The number of halogens is 1. The first-order chi connectivity index (χ1) is 10.2. The summed E-state index contributed by atoms with van der Waals surface area (Å²) in [4.78, 5) is 15.8. The maximum atomic E-state index is 11.8. The maximum absolute atomic E-state index is 11.8. The fourth-order valence-electron chi connectivity index (χ4n) is 2.60. The molecular weight excluding hydrogens is 290 g/mol. The van der Waals surface area contributed by atoms with Crippen molar-refractivity contribution in [3.05, 3.63) is 29.0 Å².